The lowest BCUT2D eigenvalue weighted by atomic mass is 10.2. The van der Waals surface area contributed by atoms with Crippen molar-refractivity contribution in [3.8, 4) is 5.75 Å². The summed E-state index contributed by atoms with van der Waals surface area (Å²) >= 11 is 3.35. The average molecular weight is 327 g/mol. The standard InChI is InChI=1S/C13H15BrN2O3/c1-9-13(18)15-12(17)8-16(9)6-7-19-11-4-2-10(14)3-5-11/h2-5,9H,6-8H2,1H3,(H,15,17,18). The van der Waals surface area contributed by atoms with E-state index in [0.717, 1.165) is 10.2 Å². The number of ether oxygens (including phenoxy) is 1. The fraction of sp³-hybridized carbons (Fsp3) is 0.385. The van der Waals surface area contributed by atoms with Crippen molar-refractivity contribution in [3.05, 3.63) is 28.7 Å². The maximum Gasteiger partial charge on any atom is 0.243 e. The highest BCUT2D eigenvalue weighted by atomic mass is 79.9. The first-order chi connectivity index (χ1) is 9.06. The molecule has 0 aliphatic carbocycles. The average Bonchev–Trinajstić information content (AvgIpc) is 2.37. The van der Waals surface area contributed by atoms with Crippen molar-refractivity contribution in [1.29, 1.82) is 0 Å². The molecule has 0 bridgehead atoms. The van der Waals surface area contributed by atoms with Crippen LogP contribution in [0.25, 0.3) is 0 Å². The molecular weight excluding hydrogens is 312 g/mol. The number of carbonyl (C=O) groups excluding carboxylic acids is 2. The van der Waals surface area contributed by atoms with Crippen LogP contribution in [0, 0.1) is 0 Å². The maximum absolute atomic E-state index is 11.5. The monoisotopic (exact) mass is 326 g/mol. The quantitative estimate of drug-likeness (QED) is 0.844. The second kappa shape index (κ2) is 6.16. The highest BCUT2D eigenvalue weighted by Gasteiger charge is 2.29. The molecule has 6 heteroatoms. The van der Waals surface area contributed by atoms with Gasteiger partial charge in [-0.05, 0) is 31.2 Å². The number of hydrogen-bond donors (Lipinski definition) is 1. The molecule has 2 rings (SSSR count). The van der Waals surface area contributed by atoms with E-state index in [2.05, 4.69) is 21.2 Å². The Morgan fingerprint density at radius 2 is 2.05 bits per heavy atom. The predicted octanol–water partition coefficient (Wildman–Crippen LogP) is 1.17. The predicted molar refractivity (Wildman–Crippen MR) is 73.8 cm³/mol. The van der Waals surface area contributed by atoms with Gasteiger partial charge in [-0.25, -0.2) is 0 Å². The van der Waals surface area contributed by atoms with Gasteiger partial charge in [0.25, 0.3) is 0 Å². The lowest BCUT2D eigenvalue weighted by molar-refractivity contribution is -0.139. The van der Waals surface area contributed by atoms with E-state index in [1.807, 2.05) is 24.3 Å². The van der Waals surface area contributed by atoms with Gasteiger partial charge in [-0.2, -0.15) is 0 Å². The van der Waals surface area contributed by atoms with Gasteiger partial charge in [0.2, 0.25) is 11.8 Å². The summed E-state index contributed by atoms with van der Waals surface area (Å²) in [5.41, 5.74) is 0. The Hall–Kier alpha value is -1.40. The molecule has 0 saturated carbocycles. The van der Waals surface area contributed by atoms with Crippen LogP contribution in [0.2, 0.25) is 0 Å². The molecule has 1 aromatic carbocycles. The number of halogens is 1. The van der Waals surface area contributed by atoms with E-state index >= 15 is 0 Å². The van der Waals surface area contributed by atoms with Gasteiger partial charge in [0.1, 0.15) is 12.4 Å². The molecule has 2 amide bonds. The Bertz CT molecular complexity index is 475. The van der Waals surface area contributed by atoms with Crippen molar-refractivity contribution in [2.45, 2.75) is 13.0 Å². The molecule has 102 valence electrons. The largest absolute Gasteiger partial charge is 0.492 e. The Morgan fingerprint density at radius 3 is 2.74 bits per heavy atom. The third-order valence-electron chi connectivity index (χ3n) is 3.00. The highest BCUT2D eigenvalue weighted by Crippen LogP contribution is 2.16. The summed E-state index contributed by atoms with van der Waals surface area (Å²) in [5.74, 6) is 0.260. The number of rotatable bonds is 4. The van der Waals surface area contributed by atoms with Crippen molar-refractivity contribution in [1.82, 2.24) is 10.2 Å². The lowest BCUT2D eigenvalue weighted by Gasteiger charge is -2.31. The molecule has 0 spiro atoms. The first-order valence-corrected chi connectivity index (χ1v) is 6.81. The normalized spacial score (nSPS) is 20.2. The molecule has 1 saturated heterocycles. The zero-order chi connectivity index (χ0) is 13.8. The van der Waals surface area contributed by atoms with Gasteiger partial charge in [-0.15, -0.1) is 0 Å². The van der Waals surface area contributed by atoms with Crippen LogP contribution in [0.1, 0.15) is 6.92 Å². The topological polar surface area (TPSA) is 58.6 Å². The van der Waals surface area contributed by atoms with Crippen LogP contribution in [-0.2, 0) is 9.59 Å². The van der Waals surface area contributed by atoms with Gasteiger partial charge in [0, 0.05) is 11.0 Å². The number of nitrogens with one attached hydrogen (secondary N) is 1. The van der Waals surface area contributed by atoms with Crippen molar-refractivity contribution < 1.29 is 14.3 Å². The lowest BCUT2D eigenvalue weighted by Crippen LogP contribution is -2.57. The first kappa shape index (κ1) is 14.0. The number of piperazine rings is 1. The van der Waals surface area contributed by atoms with Crippen LogP contribution in [0.15, 0.2) is 28.7 Å². The van der Waals surface area contributed by atoms with Crippen LogP contribution in [0.4, 0.5) is 0 Å². The van der Waals surface area contributed by atoms with Crippen LogP contribution in [0.3, 0.4) is 0 Å². The van der Waals surface area contributed by atoms with Gasteiger partial charge >= 0.3 is 0 Å². The number of carbonyl (C=O) groups is 2. The van der Waals surface area contributed by atoms with E-state index in [-0.39, 0.29) is 24.4 Å². The van der Waals surface area contributed by atoms with Gasteiger partial charge in [0.05, 0.1) is 12.6 Å². The molecule has 1 fully saturated rings. The summed E-state index contributed by atoms with van der Waals surface area (Å²) in [5, 5.41) is 2.31. The van der Waals surface area contributed by atoms with Crippen molar-refractivity contribution in [2.24, 2.45) is 0 Å². The minimum Gasteiger partial charge on any atom is -0.492 e. The maximum atomic E-state index is 11.5. The molecule has 0 radical (unpaired) electrons. The van der Waals surface area contributed by atoms with Gasteiger partial charge in [-0.1, -0.05) is 15.9 Å². The molecule has 1 aliphatic heterocycles. The second-order valence-corrected chi connectivity index (χ2v) is 5.28. The van der Waals surface area contributed by atoms with E-state index in [1.165, 1.54) is 0 Å². The number of nitrogens with zero attached hydrogens (tertiary/aromatic N) is 1. The number of hydrogen-bond acceptors (Lipinski definition) is 4. The number of imide groups is 1. The van der Waals surface area contributed by atoms with E-state index < -0.39 is 0 Å². The first-order valence-electron chi connectivity index (χ1n) is 6.02. The van der Waals surface area contributed by atoms with Crippen LogP contribution in [-0.4, -0.2) is 42.5 Å². The van der Waals surface area contributed by atoms with Crippen LogP contribution in [0.5, 0.6) is 5.75 Å². The summed E-state index contributed by atoms with van der Waals surface area (Å²) in [6.45, 7) is 2.99. The second-order valence-electron chi connectivity index (χ2n) is 4.36. The zero-order valence-electron chi connectivity index (χ0n) is 10.6. The summed E-state index contributed by atoms with van der Waals surface area (Å²) < 4.78 is 6.57. The molecule has 0 aromatic heterocycles. The molecule has 1 aliphatic rings. The third-order valence-corrected chi connectivity index (χ3v) is 3.53. The Balaban J connectivity index is 1.83. The van der Waals surface area contributed by atoms with E-state index in [4.69, 9.17) is 4.74 Å². The minimum absolute atomic E-state index is 0.233. The summed E-state index contributed by atoms with van der Waals surface area (Å²) in [7, 11) is 0. The third kappa shape index (κ3) is 3.78. The summed E-state index contributed by atoms with van der Waals surface area (Å²) in [6, 6.07) is 7.22. The molecule has 1 heterocycles. The Kier molecular flexibility index (Phi) is 4.55. The Labute approximate surface area is 120 Å². The fourth-order valence-electron chi connectivity index (χ4n) is 1.85. The Morgan fingerprint density at radius 1 is 1.37 bits per heavy atom. The van der Waals surface area contributed by atoms with Crippen molar-refractivity contribution in [2.75, 3.05) is 19.7 Å². The molecule has 1 aromatic rings. The van der Waals surface area contributed by atoms with Gasteiger partial charge < -0.3 is 4.74 Å². The minimum atomic E-state index is -0.300. The highest BCUT2D eigenvalue weighted by molar-refractivity contribution is 9.10. The molecule has 1 unspecified atom stereocenters. The smallest absolute Gasteiger partial charge is 0.243 e. The van der Waals surface area contributed by atoms with E-state index in [0.29, 0.717) is 13.2 Å². The number of amides is 2. The zero-order valence-corrected chi connectivity index (χ0v) is 12.1. The van der Waals surface area contributed by atoms with E-state index in [1.54, 1.807) is 11.8 Å². The summed E-state index contributed by atoms with van der Waals surface area (Å²) in [6.07, 6.45) is 0. The fourth-order valence-corrected chi connectivity index (χ4v) is 2.12. The van der Waals surface area contributed by atoms with Gasteiger partial charge in [-0.3, -0.25) is 19.8 Å². The molecule has 19 heavy (non-hydrogen) atoms. The van der Waals surface area contributed by atoms with Gasteiger partial charge in [0.15, 0.2) is 0 Å². The number of benzene rings is 1. The molecule has 5 nitrogen and oxygen atoms in total. The molecular formula is C13H15BrN2O3. The SMILES string of the molecule is CC1C(=O)NC(=O)CN1CCOc1ccc(Br)cc1. The molecule has 1 N–H and O–H groups in total. The van der Waals surface area contributed by atoms with E-state index in [9.17, 15) is 9.59 Å². The van der Waals surface area contributed by atoms with Crippen LogP contribution >= 0.6 is 15.9 Å². The molecule has 1 atom stereocenters. The van der Waals surface area contributed by atoms with Crippen molar-refractivity contribution >= 4 is 27.7 Å². The van der Waals surface area contributed by atoms with Crippen molar-refractivity contribution in [3.63, 3.8) is 0 Å². The van der Waals surface area contributed by atoms with Crippen LogP contribution < -0.4 is 10.1 Å². The summed E-state index contributed by atoms with van der Waals surface area (Å²) in [4.78, 5) is 24.6.